The zero-order chi connectivity index (χ0) is 17.6. The molecule has 0 aliphatic heterocycles. The molecule has 2 aromatic carbocycles. The molecular weight excluding hydrogens is 337 g/mol. The first-order valence-electron chi connectivity index (χ1n) is 8.50. The van der Waals surface area contributed by atoms with Crippen LogP contribution in [0.4, 0.5) is 4.39 Å². The smallest absolute Gasteiger partial charge is 0.141 e. The molecule has 1 N–H and O–H groups in total. The van der Waals surface area contributed by atoms with Crippen LogP contribution in [0.25, 0.3) is 11.3 Å². The van der Waals surface area contributed by atoms with Crippen LogP contribution in [0.3, 0.4) is 0 Å². The van der Waals surface area contributed by atoms with Gasteiger partial charge in [-0.1, -0.05) is 55.3 Å². The van der Waals surface area contributed by atoms with Gasteiger partial charge in [0.05, 0.1) is 11.6 Å². The average molecular weight is 358 g/mol. The molecule has 0 aliphatic carbocycles. The summed E-state index contributed by atoms with van der Waals surface area (Å²) in [4.78, 5) is 0. The topological polar surface area (TPSA) is 25.2 Å². The SMILES string of the molecule is CCCC(NCc1ccc(-c2ccc(F)c(Cl)c2)o1)c1ccccc1. The molecular formula is C21H21ClFNO. The zero-order valence-corrected chi connectivity index (χ0v) is 14.9. The number of benzene rings is 2. The molecule has 0 bridgehead atoms. The van der Waals surface area contributed by atoms with E-state index in [1.807, 2.05) is 18.2 Å². The number of hydrogen-bond donors (Lipinski definition) is 1. The molecule has 1 atom stereocenters. The summed E-state index contributed by atoms with van der Waals surface area (Å²) in [6.45, 7) is 2.81. The van der Waals surface area contributed by atoms with Crippen LogP contribution in [-0.2, 0) is 6.54 Å². The monoisotopic (exact) mass is 357 g/mol. The van der Waals surface area contributed by atoms with E-state index in [0.29, 0.717) is 18.3 Å². The quantitative estimate of drug-likeness (QED) is 0.531. The molecule has 0 saturated carbocycles. The molecule has 3 rings (SSSR count). The third-order valence-corrected chi connectivity index (χ3v) is 4.46. The van der Waals surface area contributed by atoms with Gasteiger partial charge in [0.1, 0.15) is 17.3 Å². The van der Waals surface area contributed by atoms with Crippen molar-refractivity contribution in [2.24, 2.45) is 0 Å². The summed E-state index contributed by atoms with van der Waals surface area (Å²) < 4.78 is 19.2. The summed E-state index contributed by atoms with van der Waals surface area (Å²) in [6.07, 6.45) is 2.16. The summed E-state index contributed by atoms with van der Waals surface area (Å²) in [5.74, 6) is 1.10. The number of halogens is 2. The third kappa shape index (κ3) is 4.50. The minimum absolute atomic E-state index is 0.0978. The molecule has 1 heterocycles. The zero-order valence-electron chi connectivity index (χ0n) is 14.1. The second-order valence-corrected chi connectivity index (χ2v) is 6.43. The maximum absolute atomic E-state index is 13.3. The molecule has 0 amide bonds. The van der Waals surface area contributed by atoms with Gasteiger partial charge in [0.2, 0.25) is 0 Å². The van der Waals surface area contributed by atoms with Gasteiger partial charge in [-0.3, -0.25) is 0 Å². The van der Waals surface area contributed by atoms with Crippen molar-refractivity contribution in [2.75, 3.05) is 0 Å². The Kier molecular flexibility index (Phi) is 5.90. The van der Waals surface area contributed by atoms with E-state index in [-0.39, 0.29) is 5.02 Å². The standard InChI is InChI=1S/C21H21ClFNO/c1-2-6-20(15-7-4-3-5-8-15)24-14-17-10-12-21(25-17)16-9-11-19(23)18(22)13-16/h3-5,7-13,20,24H,2,6,14H2,1H3. The van der Waals surface area contributed by atoms with Crippen LogP contribution in [0.1, 0.15) is 37.1 Å². The van der Waals surface area contributed by atoms with Crippen LogP contribution >= 0.6 is 11.6 Å². The Hall–Kier alpha value is -2.10. The van der Waals surface area contributed by atoms with E-state index in [1.165, 1.54) is 11.6 Å². The Morgan fingerprint density at radius 2 is 1.88 bits per heavy atom. The highest BCUT2D eigenvalue weighted by atomic mass is 35.5. The van der Waals surface area contributed by atoms with Gasteiger partial charge in [-0.15, -0.1) is 0 Å². The fourth-order valence-corrected chi connectivity index (χ4v) is 3.04. The van der Waals surface area contributed by atoms with E-state index in [1.54, 1.807) is 12.1 Å². The van der Waals surface area contributed by atoms with Gasteiger partial charge in [0, 0.05) is 11.6 Å². The number of furan rings is 1. The first-order valence-corrected chi connectivity index (χ1v) is 8.87. The van der Waals surface area contributed by atoms with Crippen LogP contribution < -0.4 is 5.32 Å². The average Bonchev–Trinajstić information content (AvgIpc) is 3.11. The van der Waals surface area contributed by atoms with Gasteiger partial charge in [0.25, 0.3) is 0 Å². The van der Waals surface area contributed by atoms with Crippen molar-refractivity contribution in [2.45, 2.75) is 32.4 Å². The lowest BCUT2D eigenvalue weighted by Gasteiger charge is -2.17. The number of hydrogen-bond acceptors (Lipinski definition) is 2. The fraction of sp³-hybridized carbons (Fsp3) is 0.238. The highest BCUT2D eigenvalue weighted by Gasteiger charge is 2.12. The lowest BCUT2D eigenvalue weighted by molar-refractivity contribution is 0.439. The summed E-state index contributed by atoms with van der Waals surface area (Å²) in [7, 11) is 0. The van der Waals surface area contributed by atoms with E-state index in [9.17, 15) is 4.39 Å². The normalized spacial score (nSPS) is 12.3. The predicted molar refractivity (Wildman–Crippen MR) is 100 cm³/mol. The van der Waals surface area contributed by atoms with Crippen molar-refractivity contribution in [3.8, 4) is 11.3 Å². The summed E-state index contributed by atoms with van der Waals surface area (Å²) in [6, 6.07) is 19.1. The molecule has 0 saturated heterocycles. The van der Waals surface area contributed by atoms with E-state index < -0.39 is 5.82 Å². The van der Waals surface area contributed by atoms with Gasteiger partial charge in [0.15, 0.2) is 0 Å². The predicted octanol–water partition coefficient (Wildman–Crippen LogP) is 6.37. The van der Waals surface area contributed by atoms with Gasteiger partial charge < -0.3 is 9.73 Å². The second kappa shape index (κ2) is 8.32. The van der Waals surface area contributed by atoms with Crippen molar-refractivity contribution in [3.05, 3.63) is 82.8 Å². The van der Waals surface area contributed by atoms with Crippen molar-refractivity contribution in [3.63, 3.8) is 0 Å². The lowest BCUT2D eigenvalue weighted by atomic mass is 10.0. The van der Waals surface area contributed by atoms with Crippen LogP contribution in [0, 0.1) is 5.82 Å². The summed E-state index contributed by atoms with van der Waals surface area (Å²) in [5, 5.41) is 3.66. The first-order chi connectivity index (χ1) is 12.2. The Morgan fingerprint density at radius 1 is 1.08 bits per heavy atom. The third-order valence-electron chi connectivity index (χ3n) is 4.17. The lowest BCUT2D eigenvalue weighted by Crippen LogP contribution is -2.20. The summed E-state index contributed by atoms with van der Waals surface area (Å²) >= 11 is 5.85. The Labute approximate surface area is 152 Å². The molecule has 0 fully saturated rings. The van der Waals surface area contributed by atoms with Crippen molar-refractivity contribution in [1.82, 2.24) is 5.32 Å². The molecule has 130 valence electrons. The molecule has 3 aromatic rings. The van der Waals surface area contributed by atoms with Crippen LogP contribution in [-0.4, -0.2) is 0 Å². The Balaban J connectivity index is 1.69. The Morgan fingerprint density at radius 3 is 2.60 bits per heavy atom. The molecule has 2 nitrogen and oxygen atoms in total. The van der Waals surface area contributed by atoms with E-state index in [4.69, 9.17) is 16.0 Å². The maximum atomic E-state index is 13.3. The van der Waals surface area contributed by atoms with Gasteiger partial charge in [-0.05, 0) is 42.3 Å². The van der Waals surface area contributed by atoms with Crippen molar-refractivity contribution in [1.29, 1.82) is 0 Å². The second-order valence-electron chi connectivity index (χ2n) is 6.03. The fourth-order valence-electron chi connectivity index (χ4n) is 2.86. The van der Waals surface area contributed by atoms with Crippen LogP contribution in [0.15, 0.2) is 65.1 Å². The number of nitrogens with one attached hydrogen (secondary N) is 1. The number of rotatable bonds is 7. The Bertz CT molecular complexity index is 816. The molecule has 1 aromatic heterocycles. The van der Waals surface area contributed by atoms with Crippen molar-refractivity contribution >= 4 is 11.6 Å². The van der Waals surface area contributed by atoms with Gasteiger partial charge in [-0.2, -0.15) is 0 Å². The summed E-state index contributed by atoms with van der Waals surface area (Å²) in [5.41, 5.74) is 2.05. The van der Waals surface area contributed by atoms with Gasteiger partial charge >= 0.3 is 0 Å². The molecule has 0 aliphatic rings. The minimum Gasteiger partial charge on any atom is -0.460 e. The molecule has 0 spiro atoms. The van der Waals surface area contributed by atoms with Crippen LogP contribution in [0.5, 0.6) is 0 Å². The van der Waals surface area contributed by atoms with Crippen LogP contribution in [0.2, 0.25) is 5.02 Å². The van der Waals surface area contributed by atoms with E-state index >= 15 is 0 Å². The van der Waals surface area contributed by atoms with Crippen molar-refractivity contribution < 1.29 is 8.81 Å². The maximum Gasteiger partial charge on any atom is 0.141 e. The highest BCUT2D eigenvalue weighted by Crippen LogP contribution is 2.27. The molecule has 4 heteroatoms. The van der Waals surface area contributed by atoms with E-state index in [2.05, 4.69) is 36.5 Å². The highest BCUT2D eigenvalue weighted by molar-refractivity contribution is 6.31. The largest absolute Gasteiger partial charge is 0.460 e. The molecule has 1 unspecified atom stereocenters. The minimum atomic E-state index is -0.427. The van der Waals surface area contributed by atoms with Gasteiger partial charge in [-0.25, -0.2) is 4.39 Å². The van der Waals surface area contributed by atoms with E-state index in [0.717, 1.165) is 24.2 Å². The first kappa shape index (κ1) is 17.7. The molecule has 0 radical (unpaired) electrons. The molecule has 25 heavy (non-hydrogen) atoms.